The first-order chi connectivity index (χ1) is 7.52. The van der Waals surface area contributed by atoms with Crippen LogP contribution in [0.5, 0.6) is 0 Å². The Morgan fingerprint density at radius 3 is 2.06 bits per heavy atom. The Balaban J connectivity index is 4.52. The Morgan fingerprint density at radius 2 is 1.69 bits per heavy atom. The van der Waals surface area contributed by atoms with Gasteiger partial charge in [-0.3, -0.25) is 0 Å². The monoisotopic (exact) mass is 227 g/mol. The zero-order valence-electron chi connectivity index (χ0n) is 12.4. The van der Waals surface area contributed by atoms with Crippen molar-refractivity contribution in [2.45, 2.75) is 79.7 Å². The molecule has 0 bridgehead atoms. The van der Waals surface area contributed by atoms with Crippen LogP contribution in [0.15, 0.2) is 0 Å². The van der Waals surface area contributed by atoms with Gasteiger partial charge in [0.2, 0.25) is 0 Å². The molecular formula is C15H33N. The van der Waals surface area contributed by atoms with Crippen LogP contribution in [0.3, 0.4) is 0 Å². The summed E-state index contributed by atoms with van der Waals surface area (Å²) >= 11 is 0. The number of hydrogen-bond donors (Lipinski definition) is 1. The van der Waals surface area contributed by atoms with E-state index in [1.807, 2.05) is 0 Å². The van der Waals surface area contributed by atoms with Crippen LogP contribution in [0.2, 0.25) is 0 Å². The minimum atomic E-state index is 0.523. The SMILES string of the molecule is CCCCC(CC)(CNC(C)C)C(C)CC. The van der Waals surface area contributed by atoms with Crippen LogP contribution in [-0.4, -0.2) is 12.6 Å². The number of nitrogens with one attached hydrogen (secondary N) is 1. The standard InChI is InChI=1S/C15H33N/c1-7-10-11-15(9-3,14(6)8-2)12-16-13(4)5/h13-14,16H,7-12H2,1-6H3. The minimum Gasteiger partial charge on any atom is -0.314 e. The van der Waals surface area contributed by atoms with E-state index in [0.717, 1.165) is 5.92 Å². The van der Waals surface area contributed by atoms with Crippen molar-refractivity contribution in [3.63, 3.8) is 0 Å². The molecule has 0 aliphatic heterocycles. The van der Waals surface area contributed by atoms with Crippen molar-refractivity contribution in [2.24, 2.45) is 11.3 Å². The van der Waals surface area contributed by atoms with Crippen LogP contribution in [0.4, 0.5) is 0 Å². The fourth-order valence-corrected chi connectivity index (χ4v) is 2.53. The van der Waals surface area contributed by atoms with Crippen molar-refractivity contribution in [1.29, 1.82) is 0 Å². The molecule has 98 valence electrons. The van der Waals surface area contributed by atoms with Gasteiger partial charge < -0.3 is 5.32 Å². The third kappa shape index (κ3) is 4.86. The Labute approximate surface area is 103 Å². The van der Waals surface area contributed by atoms with Crippen molar-refractivity contribution in [3.8, 4) is 0 Å². The van der Waals surface area contributed by atoms with E-state index in [2.05, 4.69) is 46.9 Å². The minimum absolute atomic E-state index is 0.523. The molecular weight excluding hydrogens is 194 g/mol. The molecule has 0 amide bonds. The zero-order chi connectivity index (χ0) is 12.6. The normalized spacial score (nSPS) is 17.4. The molecule has 1 heteroatoms. The van der Waals surface area contributed by atoms with E-state index in [0.29, 0.717) is 11.5 Å². The molecule has 2 atom stereocenters. The van der Waals surface area contributed by atoms with Crippen molar-refractivity contribution < 1.29 is 0 Å². The number of rotatable bonds is 9. The predicted molar refractivity (Wildman–Crippen MR) is 74.8 cm³/mol. The van der Waals surface area contributed by atoms with Crippen LogP contribution in [0.1, 0.15) is 73.6 Å². The van der Waals surface area contributed by atoms with Crippen molar-refractivity contribution in [2.75, 3.05) is 6.54 Å². The summed E-state index contributed by atoms with van der Waals surface area (Å²) in [5.74, 6) is 0.829. The van der Waals surface area contributed by atoms with E-state index in [1.54, 1.807) is 0 Å². The Kier molecular flexibility index (Phi) is 8.09. The molecule has 0 aromatic carbocycles. The second-order valence-electron chi connectivity index (χ2n) is 5.66. The van der Waals surface area contributed by atoms with Gasteiger partial charge in [-0.15, -0.1) is 0 Å². The summed E-state index contributed by atoms with van der Waals surface area (Å²) in [4.78, 5) is 0. The van der Waals surface area contributed by atoms with E-state index in [1.165, 1.54) is 38.6 Å². The first kappa shape index (κ1) is 16.0. The summed E-state index contributed by atoms with van der Waals surface area (Å²) in [7, 11) is 0. The summed E-state index contributed by atoms with van der Waals surface area (Å²) in [6.45, 7) is 15.1. The topological polar surface area (TPSA) is 12.0 Å². The number of unbranched alkanes of at least 4 members (excludes halogenated alkanes) is 1. The molecule has 0 saturated heterocycles. The van der Waals surface area contributed by atoms with Gasteiger partial charge >= 0.3 is 0 Å². The third-order valence-electron chi connectivity index (χ3n) is 4.25. The Bertz CT molecular complexity index is 165. The van der Waals surface area contributed by atoms with Crippen LogP contribution >= 0.6 is 0 Å². The van der Waals surface area contributed by atoms with Crippen LogP contribution in [0.25, 0.3) is 0 Å². The molecule has 0 aliphatic carbocycles. The largest absolute Gasteiger partial charge is 0.314 e. The molecule has 0 radical (unpaired) electrons. The number of hydrogen-bond acceptors (Lipinski definition) is 1. The molecule has 1 N–H and O–H groups in total. The summed E-state index contributed by atoms with van der Waals surface area (Å²) in [5.41, 5.74) is 0.523. The lowest BCUT2D eigenvalue weighted by atomic mass is 9.69. The molecule has 0 spiro atoms. The fourth-order valence-electron chi connectivity index (χ4n) is 2.53. The van der Waals surface area contributed by atoms with E-state index in [4.69, 9.17) is 0 Å². The lowest BCUT2D eigenvalue weighted by molar-refractivity contribution is 0.132. The molecule has 0 aromatic rings. The van der Waals surface area contributed by atoms with Gasteiger partial charge in [-0.25, -0.2) is 0 Å². The van der Waals surface area contributed by atoms with Crippen molar-refractivity contribution in [1.82, 2.24) is 5.32 Å². The average Bonchev–Trinajstić information content (AvgIpc) is 2.29. The maximum absolute atomic E-state index is 3.66. The second-order valence-corrected chi connectivity index (χ2v) is 5.66. The van der Waals surface area contributed by atoms with Gasteiger partial charge in [0.25, 0.3) is 0 Å². The van der Waals surface area contributed by atoms with Gasteiger partial charge in [-0.1, -0.05) is 60.8 Å². The van der Waals surface area contributed by atoms with Gasteiger partial charge in [-0.05, 0) is 24.2 Å². The smallest absolute Gasteiger partial charge is 0.00126 e. The molecule has 0 heterocycles. The molecule has 16 heavy (non-hydrogen) atoms. The van der Waals surface area contributed by atoms with E-state index in [-0.39, 0.29) is 0 Å². The lowest BCUT2D eigenvalue weighted by Gasteiger charge is -2.39. The average molecular weight is 227 g/mol. The highest BCUT2D eigenvalue weighted by molar-refractivity contribution is 4.85. The van der Waals surface area contributed by atoms with Gasteiger partial charge in [0.15, 0.2) is 0 Å². The second kappa shape index (κ2) is 8.11. The molecule has 0 rings (SSSR count). The van der Waals surface area contributed by atoms with Crippen molar-refractivity contribution in [3.05, 3.63) is 0 Å². The summed E-state index contributed by atoms with van der Waals surface area (Å²) in [6.07, 6.45) is 6.69. The Morgan fingerprint density at radius 1 is 1.06 bits per heavy atom. The highest BCUT2D eigenvalue weighted by Crippen LogP contribution is 2.38. The summed E-state index contributed by atoms with van der Waals surface area (Å²) in [6, 6.07) is 0.608. The van der Waals surface area contributed by atoms with Gasteiger partial charge in [0.05, 0.1) is 0 Å². The highest BCUT2D eigenvalue weighted by Gasteiger charge is 2.32. The predicted octanol–water partition coefficient (Wildman–Crippen LogP) is 4.62. The third-order valence-corrected chi connectivity index (χ3v) is 4.25. The first-order valence-electron chi connectivity index (χ1n) is 7.25. The zero-order valence-corrected chi connectivity index (χ0v) is 12.4. The molecule has 1 nitrogen and oxygen atoms in total. The van der Waals surface area contributed by atoms with E-state index in [9.17, 15) is 0 Å². The molecule has 0 aliphatic rings. The van der Waals surface area contributed by atoms with E-state index >= 15 is 0 Å². The van der Waals surface area contributed by atoms with Gasteiger partial charge in [-0.2, -0.15) is 0 Å². The first-order valence-corrected chi connectivity index (χ1v) is 7.25. The molecule has 0 fully saturated rings. The summed E-state index contributed by atoms with van der Waals surface area (Å²) < 4.78 is 0. The fraction of sp³-hybridized carbons (Fsp3) is 1.00. The highest BCUT2D eigenvalue weighted by atomic mass is 14.9. The van der Waals surface area contributed by atoms with E-state index < -0.39 is 0 Å². The quantitative estimate of drug-likeness (QED) is 0.606. The molecule has 2 unspecified atom stereocenters. The van der Waals surface area contributed by atoms with Crippen LogP contribution in [-0.2, 0) is 0 Å². The Hall–Kier alpha value is -0.0400. The van der Waals surface area contributed by atoms with Gasteiger partial charge in [0, 0.05) is 12.6 Å². The lowest BCUT2D eigenvalue weighted by Crippen LogP contribution is -2.41. The van der Waals surface area contributed by atoms with Gasteiger partial charge in [0.1, 0.15) is 0 Å². The maximum Gasteiger partial charge on any atom is 0.00126 e. The molecule has 0 saturated carbocycles. The summed E-state index contributed by atoms with van der Waals surface area (Å²) in [5, 5.41) is 3.66. The maximum atomic E-state index is 3.66. The van der Waals surface area contributed by atoms with Crippen LogP contribution < -0.4 is 5.32 Å². The van der Waals surface area contributed by atoms with Crippen LogP contribution in [0, 0.1) is 11.3 Å². The molecule has 0 aromatic heterocycles. The van der Waals surface area contributed by atoms with Crippen molar-refractivity contribution >= 4 is 0 Å².